The summed E-state index contributed by atoms with van der Waals surface area (Å²) < 4.78 is 5.41. The first-order valence-electron chi connectivity index (χ1n) is 7.83. The van der Waals surface area contributed by atoms with Crippen LogP contribution in [0.2, 0.25) is 0 Å². The SMILES string of the molecule is CC(C)(C)NC(=O)c1n[nH]c2c1CN(C(=O)OC(C)(C)C)CC2. The largest absolute Gasteiger partial charge is 0.444 e. The van der Waals surface area contributed by atoms with Crippen molar-refractivity contribution >= 4 is 12.0 Å². The molecule has 23 heavy (non-hydrogen) atoms. The van der Waals surface area contributed by atoms with Crippen LogP contribution in [0.1, 0.15) is 63.3 Å². The van der Waals surface area contributed by atoms with Gasteiger partial charge in [0.05, 0.1) is 6.54 Å². The number of fused-ring (bicyclic) bond motifs is 1. The van der Waals surface area contributed by atoms with E-state index in [1.54, 1.807) is 4.90 Å². The van der Waals surface area contributed by atoms with Crippen LogP contribution in [0, 0.1) is 0 Å². The quantitative estimate of drug-likeness (QED) is 0.830. The van der Waals surface area contributed by atoms with Crippen LogP contribution in [0.5, 0.6) is 0 Å². The lowest BCUT2D eigenvalue weighted by Crippen LogP contribution is -2.42. The maximum Gasteiger partial charge on any atom is 0.410 e. The van der Waals surface area contributed by atoms with Crippen LogP contribution in [-0.2, 0) is 17.7 Å². The molecule has 2 N–H and O–H groups in total. The van der Waals surface area contributed by atoms with E-state index in [1.165, 1.54) is 0 Å². The van der Waals surface area contributed by atoms with Gasteiger partial charge >= 0.3 is 6.09 Å². The second kappa shape index (κ2) is 5.86. The second-order valence-corrected chi connectivity index (χ2v) is 7.89. The Hall–Kier alpha value is -2.05. The fraction of sp³-hybridized carbons (Fsp3) is 0.688. The zero-order valence-corrected chi connectivity index (χ0v) is 14.7. The number of ether oxygens (including phenoxy) is 1. The minimum atomic E-state index is -0.541. The number of H-pyrrole nitrogens is 1. The van der Waals surface area contributed by atoms with Crippen molar-refractivity contribution in [3.8, 4) is 0 Å². The molecular formula is C16H26N4O3. The molecule has 1 aliphatic heterocycles. The minimum absolute atomic E-state index is 0.235. The fourth-order valence-corrected chi connectivity index (χ4v) is 2.36. The first kappa shape index (κ1) is 17.3. The van der Waals surface area contributed by atoms with E-state index in [4.69, 9.17) is 4.74 Å². The molecule has 128 valence electrons. The number of nitrogens with zero attached hydrogens (tertiary/aromatic N) is 2. The molecule has 0 saturated heterocycles. The average molecular weight is 322 g/mol. The summed E-state index contributed by atoms with van der Waals surface area (Å²) in [5, 5.41) is 9.94. The van der Waals surface area contributed by atoms with Crippen molar-refractivity contribution in [3.05, 3.63) is 17.0 Å². The molecule has 0 saturated carbocycles. The van der Waals surface area contributed by atoms with Crippen molar-refractivity contribution in [2.75, 3.05) is 6.54 Å². The van der Waals surface area contributed by atoms with Crippen LogP contribution in [0.4, 0.5) is 4.79 Å². The van der Waals surface area contributed by atoms with Crippen molar-refractivity contribution in [2.45, 2.75) is 65.6 Å². The monoisotopic (exact) mass is 322 g/mol. The molecule has 2 heterocycles. The van der Waals surface area contributed by atoms with E-state index in [2.05, 4.69) is 15.5 Å². The highest BCUT2D eigenvalue weighted by Crippen LogP contribution is 2.22. The van der Waals surface area contributed by atoms with Crippen molar-refractivity contribution in [1.82, 2.24) is 20.4 Å². The Bertz CT molecular complexity index is 608. The Morgan fingerprint density at radius 1 is 1.22 bits per heavy atom. The van der Waals surface area contributed by atoms with E-state index in [0.717, 1.165) is 11.3 Å². The smallest absolute Gasteiger partial charge is 0.410 e. The van der Waals surface area contributed by atoms with Crippen molar-refractivity contribution < 1.29 is 14.3 Å². The van der Waals surface area contributed by atoms with Crippen molar-refractivity contribution in [3.63, 3.8) is 0 Å². The molecule has 0 radical (unpaired) electrons. The molecular weight excluding hydrogens is 296 g/mol. The minimum Gasteiger partial charge on any atom is -0.444 e. The molecule has 2 rings (SSSR count). The molecule has 0 aromatic carbocycles. The van der Waals surface area contributed by atoms with Gasteiger partial charge in [0, 0.05) is 29.8 Å². The molecule has 0 atom stereocenters. The van der Waals surface area contributed by atoms with Gasteiger partial charge in [-0.2, -0.15) is 5.10 Å². The van der Waals surface area contributed by atoms with E-state index in [-0.39, 0.29) is 17.5 Å². The number of aromatic nitrogens is 2. The molecule has 0 fully saturated rings. The maximum atomic E-state index is 12.4. The summed E-state index contributed by atoms with van der Waals surface area (Å²) in [5.41, 5.74) is 1.14. The number of rotatable bonds is 1. The molecule has 1 aromatic heterocycles. The molecule has 1 aliphatic rings. The predicted octanol–water partition coefficient (Wildman–Crippen LogP) is 2.23. The van der Waals surface area contributed by atoms with Crippen LogP contribution in [0.25, 0.3) is 0 Å². The standard InChI is InChI=1S/C16H26N4O3/c1-15(2,3)17-13(21)12-10-9-20(8-7-11(10)18-19-12)14(22)23-16(4,5)6/h7-9H2,1-6H3,(H,17,21)(H,18,19). The zero-order valence-electron chi connectivity index (χ0n) is 14.7. The van der Waals surface area contributed by atoms with Gasteiger partial charge in [-0.15, -0.1) is 0 Å². The fourth-order valence-electron chi connectivity index (χ4n) is 2.36. The summed E-state index contributed by atoms with van der Waals surface area (Å²) in [7, 11) is 0. The number of carbonyl (C=O) groups excluding carboxylic acids is 2. The summed E-state index contributed by atoms with van der Waals surface area (Å²) in [6.07, 6.45) is 0.260. The van der Waals surface area contributed by atoms with E-state index >= 15 is 0 Å². The highest BCUT2D eigenvalue weighted by molar-refractivity contribution is 5.94. The Balaban J connectivity index is 2.15. The van der Waals surface area contributed by atoms with Crippen molar-refractivity contribution in [1.29, 1.82) is 0 Å². The Labute approximate surface area is 136 Å². The van der Waals surface area contributed by atoms with Gasteiger partial charge in [-0.05, 0) is 41.5 Å². The number of carbonyl (C=O) groups is 2. The highest BCUT2D eigenvalue weighted by atomic mass is 16.6. The van der Waals surface area contributed by atoms with Crippen molar-refractivity contribution in [2.24, 2.45) is 0 Å². The third kappa shape index (κ3) is 4.46. The summed E-state index contributed by atoms with van der Waals surface area (Å²) in [6, 6.07) is 0. The second-order valence-electron chi connectivity index (χ2n) is 7.89. The maximum absolute atomic E-state index is 12.4. The van der Waals surface area contributed by atoms with Gasteiger partial charge in [0.25, 0.3) is 5.91 Å². The number of aromatic amines is 1. The van der Waals surface area contributed by atoms with E-state index in [9.17, 15) is 9.59 Å². The van der Waals surface area contributed by atoms with Crippen LogP contribution in [-0.4, -0.2) is 44.8 Å². The lowest BCUT2D eigenvalue weighted by Gasteiger charge is -2.30. The van der Waals surface area contributed by atoms with Crippen LogP contribution in [0.15, 0.2) is 0 Å². The molecule has 2 amide bonds. The lowest BCUT2D eigenvalue weighted by molar-refractivity contribution is 0.0222. The molecule has 7 heteroatoms. The van der Waals surface area contributed by atoms with Crippen LogP contribution < -0.4 is 5.32 Å². The summed E-state index contributed by atoms with van der Waals surface area (Å²) >= 11 is 0. The number of nitrogens with one attached hydrogen (secondary N) is 2. The molecule has 7 nitrogen and oxygen atoms in total. The van der Waals surface area contributed by atoms with Gasteiger partial charge in [-0.3, -0.25) is 9.89 Å². The zero-order chi connectivity index (χ0) is 17.4. The van der Waals surface area contributed by atoms with Gasteiger partial charge in [-0.1, -0.05) is 0 Å². The molecule has 1 aromatic rings. The van der Waals surface area contributed by atoms with Gasteiger partial charge in [-0.25, -0.2) is 4.79 Å². The van der Waals surface area contributed by atoms with E-state index in [0.29, 0.717) is 25.2 Å². The topological polar surface area (TPSA) is 87.3 Å². The number of hydrogen-bond acceptors (Lipinski definition) is 4. The summed E-state index contributed by atoms with van der Waals surface area (Å²) in [4.78, 5) is 26.2. The molecule has 0 aliphatic carbocycles. The van der Waals surface area contributed by atoms with Gasteiger partial charge in [0.15, 0.2) is 5.69 Å². The average Bonchev–Trinajstić information content (AvgIpc) is 2.77. The van der Waals surface area contributed by atoms with Crippen LogP contribution in [0.3, 0.4) is 0 Å². The van der Waals surface area contributed by atoms with Gasteiger partial charge in [0.1, 0.15) is 5.60 Å². The van der Waals surface area contributed by atoms with E-state index in [1.807, 2.05) is 41.5 Å². The first-order valence-corrected chi connectivity index (χ1v) is 7.83. The van der Waals surface area contributed by atoms with E-state index < -0.39 is 5.60 Å². The highest BCUT2D eigenvalue weighted by Gasteiger charge is 2.31. The Kier molecular flexibility index (Phi) is 4.41. The molecule has 0 spiro atoms. The third-order valence-electron chi connectivity index (χ3n) is 3.29. The van der Waals surface area contributed by atoms with Gasteiger partial charge < -0.3 is 15.0 Å². The van der Waals surface area contributed by atoms with Crippen LogP contribution >= 0.6 is 0 Å². The normalized spacial score (nSPS) is 15.1. The first-order chi connectivity index (χ1) is 10.5. The molecule has 0 unspecified atom stereocenters. The number of amides is 2. The Morgan fingerprint density at radius 2 is 1.87 bits per heavy atom. The summed E-state index contributed by atoms with van der Waals surface area (Å²) in [6.45, 7) is 12.1. The Morgan fingerprint density at radius 3 is 2.43 bits per heavy atom. The predicted molar refractivity (Wildman–Crippen MR) is 86.2 cm³/mol. The third-order valence-corrected chi connectivity index (χ3v) is 3.29. The number of hydrogen-bond donors (Lipinski definition) is 2. The molecule has 0 bridgehead atoms. The van der Waals surface area contributed by atoms with Gasteiger partial charge in [0.2, 0.25) is 0 Å². The lowest BCUT2D eigenvalue weighted by atomic mass is 10.0. The summed E-state index contributed by atoms with van der Waals surface area (Å²) in [5.74, 6) is -0.235.